The molecule has 1 fully saturated rings. The quantitative estimate of drug-likeness (QED) is 0.666. The van der Waals surface area contributed by atoms with Crippen LogP contribution in [0.5, 0.6) is 5.75 Å². The van der Waals surface area contributed by atoms with Gasteiger partial charge in [-0.05, 0) is 43.5 Å². The maximum atomic E-state index is 5.53. The minimum atomic E-state index is 0.853. The van der Waals surface area contributed by atoms with Crippen molar-refractivity contribution in [3.63, 3.8) is 0 Å². The van der Waals surface area contributed by atoms with E-state index in [1.54, 1.807) is 13.3 Å². The molecule has 1 saturated heterocycles. The topological polar surface area (TPSA) is 36.9 Å². The van der Waals surface area contributed by atoms with Gasteiger partial charge in [0.1, 0.15) is 5.75 Å². The SMILES string of the molecule is COc1cc(N2CCCCC2)ccc1/C=N\Nc1ccccc1. The van der Waals surface area contributed by atoms with Crippen LogP contribution >= 0.6 is 0 Å². The van der Waals surface area contributed by atoms with Crippen molar-refractivity contribution in [1.29, 1.82) is 0 Å². The first kappa shape index (κ1) is 15.4. The largest absolute Gasteiger partial charge is 0.496 e. The van der Waals surface area contributed by atoms with Crippen LogP contribution in [0.3, 0.4) is 0 Å². The van der Waals surface area contributed by atoms with Crippen molar-refractivity contribution in [2.45, 2.75) is 19.3 Å². The van der Waals surface area contributed by atoms with E-state index in [-0.39, 0.29) is 0 Å². The summed E-state index contributed by atoms with van der Waals surface area (Å²) in [7, 11) is 1.71. The standard InChI is InChI=1S/C19H23N3O/c1-23-19-14-18(22-12-6-3-7-13-22)11-10-16(19)15-20-21-17-8-4-2-5-9-17/h2,4-5,8-11,14-15,21H,3,6-7,12-13H2,1H3/b20-15-. The van der Waals surface area contributed by atoms with E-state index >= 15 is 0 Å². The van der Waals surface area contributed by atoms with E-state index in [0.717, 1.165) is 30.1 Å². The van der Waals surface area contributed by atoms with Crippen LogP contribution < -0.4 is 15.1 Å². The van der Waals surface area contributed by atoms with Crippen LogP contribution in [0.1, 0.15) is 24.8 Å². The number of ether oxygens (including phenoxy) is 1. The Bertz CT molecular complexity index is 649. The molecular formula is C19H23N3O. The van der Waals surface area contributed by atoms with Gasteiger partial charge in [-0.15, -0.1) is 0 Å². The Morgan fingerprint density at radius 2 is 1.83 bits per heavy atom. The van der Waals surface area contributed by atoms with Crippen molar-refractivity contribution in [2.75, 3.05) is 30.5 Å². The molecule has 0 amide bonds. The third-order valence-corrected chi connectivity index (χ3v) is 4.11. The fraction of sp³-hybridized carbons (Fsp3) is 0.316. The van der Waals surface area contributed by atoms with Crippen LogP contribution in [0.25, 0.3) is 0 Å². The average molecular weight is 309 g/mol. The number of nitrogens with one attached hydrogen (secondary N) is 1. The Morgan fingerprint density at radius 3 is 2.57 bits per heavy atom. The Morgan fingerprint density at radius 1 is 1.04 bits per heavy atom. The summed E-state index contributed by atoms with van der Waals surface area (Å²) in [6.45, 7) is 2.26. The van der Waals surface area contributed by atoms with Crippen molar-refractivity contribution in [3.05, 3.63) is 54.1 Å². The molecule has 0 aromatic heterocycles. The number of rotatable bonds is 5. The number of anilines is 2. The van der Waals surface area contributed by atoms with Gasteiger partial charge in [0.05, 0.1) is 19.0 Å². The number of hydrogen-bond acceptors (Lipinski definition) is 4. The summed E-state index contributed by atoms with van der Waals surface area (Å²) in [5.74, 6) is 0.853. The molecule has 0 saturated carbocycles. The molecule has 0 unspecified atom stereocenters. The Kier molecular flexibility index (Phi) is 5.14. The first-order valence-corrected chi connectivity index (χ1v) is 8.14. The van der Waals surface area contributed by atoms with Gasteiger partial charge < -0.3 is 9.64 Å². The van der Waals surface area contributed by atoms with Crippen LogP contribution in [-0.4, -0.2) is 26.4 Å². The zero-order valence-corrected chi connectivity index (χ0v) is 13.5. The maximum Gasteiger partial charge on any atom is 0.129 e. The minimum absolute atomic E-state index is 0.853. The Labute approximate surface area is 137 Å². The zero-order chi connectivity index (χ0) is 15.9. The molecular weight excluding hydrogens is 286 g/mol. The number of nitrogens with zero attached hydrogens (tertiary/aromatic N) is 2. The molecule has 0 spiro atoms. The van der Waals surface area contributed by atoms with Gasteiger partial charge in [-0.1, -0.05) is 18.2 Å². The average Bonchev–Trinajstić information content (AvgIpc) is 2.63. The molecule has 4 heteroatoms. The number of hydrogen-bond donors (Lipinski definition) is 1. The second-order valence-corrected chi connectivity index (χ2v) is 5.71. The first-order valence-electron chi connectivity index (χ1n) is 8.14. The lowest BCUT2D eigenvalue weighted by Gasteiger charge is -2.29. The van der Waals surface area contributed by atoms with E-state index in [2.05, 4.69) is 33.6 Å². The molecule has 4 nitrogen and oxygen atoms in total. The molecule has 0 aliphatic carbocycles. The van der Waals surface area contributed by atoms with Crippen LogP contribution in [0, 0.1) is 0 Å². The van der Waals surface area contributed by atoms with E-state index in [0.29, 0.717) is 0 Å². The molecule has 2 aromatic rings. The summed E-state index contributed by atoms with van der Waals surface area (Å²) in [5.41, 5.74) is 6.19. The minimum Gasteiger partial charge on any atom is -0.496 e. The highest BCUT2D eigenvalue weighted by molar-refractivity contribution is 5.85. The zero-order valence-electron chi connectivity index (χ0n) is 13.5. The van der Waals surface area contributed by atoms with Gasteiger partial charge in [0.25, 0.3) is 0 Å². The highest BCUT2D eigenvalue weighted by Gasteiger charge is 2.12. The second kappa shape index (κ2) is 7.68. The van der Waals surface area contributed by atoms with Gasteiger partial charge in [0.15, 0.2) is 0 Å². The number of hydrazone groups is 1. The van der Waals surface area contributed by atoms with Crippen molar-refractivity contribution < 1.29 is 4.74 Å². The Balaban J connectivity index is 1.71. The molecule has 1 aliphatic heterocycles. The van der Waals surface area contributed by atoms with Gasteiger partial charge in [0.2, 0.25) is 0 Å². The predicted molar refractivity (Wildman–Crippen MR) is 96.7 cm³/mol. The maximum absolute atomic E-state index is 5.53. The molecule has 1 N–H and O–H groups in total. The van der Waals surface area contributed by atoms with Gasteiger partial charge in [-0.2, -0.15) is 5.10 Å². The molecule has 3 rings (SSSR count). The van der Waals surface area contributed by atoms with Crippen LogP contribution in [0.2, 0.25) is 0 Å². The highest BCUT2D eigenvalue weighted by Crippen LogP contribution is 2.26. The summed E-state index contributed by atoms with van der Waals surface area (Å²) in [4.78, 5) is 2.43. The first-order chi connectivity index (χ1) is 11.4. The van der Waals surface area contributed by atoms with Crippen LogP contribution in [-0.2, 0) is 0 Å². The third-order valence-electron chi connectivity index (χ3n) is 4.11. The number of piperidine rings is 1. The van der Waals surface area contributed by atoms with Crippen LogP contribution in [0.4, 0.5) is 11.4 Å². The summed E-state index contributed by atoms with van der Waals surface area (Å²) in [6, 6.07) is 16.2. The molecule has 1 aliphatic rings. The van der Waals surface area contributed by atoms with Gasteiger partial charge in [-0.25, -0.2) is 0 Å². The fourth-order valence-electron chi connectivity index (χ4n) is 2.84. The molecule has 0 bridgehead atoms. The molecule has 23 heavy (non-hydrogen) atoms. The predicted octanol–water partition coefficient (Wildman–Crippen LogP) is 4.13. The lowest BCUT2D eigenvalue weighted by Crippen LogP contribution is -2.29. The van der Waals surface area contributed by atoms with Crippen molar-refractivity contribution in [3.8, 4) is 5.75 Å². The summed E-state index contributed by atoms with van der Waals surface area (Å²) < 4.78 is 5.53. The molecule has 2 aromatic carbocycles. The second-order valence-electron chi connectivity index (χ2n) is 5.71. The van der Waals surface area contributed by atoms with Crippen LogP contribution in [0.15, 0.2) is 53.6 Å². The molecule has 0 atom stereocenters. The van der Waals surface area contributed by atoms with Gasteiger partial charge >= 0.3 is 0 Å². The van der Waals surface area contributed by atoms with Gasteiger partial charge in [-0.3, -0.25) is 5.43 Å². The summed E-state index contributed by atoms with van der Waals surface area (Å²) in [6.07, 6.45) is 5.67. The summed E-state index contributed by atoms with van der Waals surface area (Å²) in [5, 5.41) is 4.29. The van der Waals surface area contributed by atoms with Crippen molar-refractivity contribution in [1.82, 2.24) is 0 Å². The third kappa shape index (κ3) is 4.03. The highest BCUT2D eigenvalue weighted by atomic mass is 16.5. The Hall–Kier alpha value is -2.49. The van der Waals surface area contributed by atoms with Gasteiger partial charge in [0, 0.05) is 30.4 Å². The molecule has 0 radical (unpaired) electrons. The lowest BCUT2D eigenvalue weighted by molar-refractivity contribution is 0.414. The molecule has 120 valence electrons. The molecule has 1 heterocycles. The van der Waals surface area contributed by atoms with E-state index < -0.39 is 0 Å². The smallest absolute Gasteiger partial charge is 0.129 e. The summed E-state index contributed by atoms with van der Waals surface area (Å²) >= 11 is 0. The number of methoxy groups -OCH3 is 1. The van der Waals surface area contributed by atoms with E-state index in [1.165, 1.54) is 24.9 Å². The van der Waals surface area contributed by atoms with E-state index in [4.69, 9.17) is 4.74 Å². The lowest BCUT2D eigenvalue weighted by atomic mass is 10.1. The monoisotopic (exact) mass is 309 g/mol. The fourth-order valence-corrected chi connectivity index (χ4v) is 2.84. The normalized spacial score (nSPS) is 14.9. The van der Waals surface area contributed by atoms with Crippen molar-refractivity contribution >= 4 is 17.6 Å². The number of benzene rings is 2. The van der Waals surface area contributed by atoms with Crippen molar-refractivity contribution in [2.24, 2.45) is 5.10 Å². The van der Waals surface area contributed by atoms with E-state index in [9.17, 15) is 0 Å². The van der Waals surface area contributed by atoms with E-state index in [1.807, 2.05) is 30.3 Å². The number of para-hydroxylation sites is 1.